The van der Waals surface area contributed by atoms with Gasteiger partial charge in [0.25, 0.3) is 15.7 Å². The van der Waals surface area contributed by atoms with Gasteiger partial charge in [-0.25, -0.2) is 17.7 Å². The summed E-state index contributed by atoms with van der Waals surface area (Å²) in [6.07, 6.45) is 1.96. The molecule has 7 heteroatoms. The van der Waals surface area contributed by atoms with Crippen LogP contribution in [0.2, 0.25) is 0 Å². The van der Waals surface area contributed by atoms with E-state index in [-0.39, 0.29) is 4.90 Å². The summed E-state index contributed by atoms with van der Waals surface area (Å²) in [4.78, 5) is 13.0. The van der Waals surface area contributed by atoms with E-state index >= 15 is 0 Å². The Hall–Kier alpha value is -3.45. The summed E-state index contributed by atoms with van der Waals surface area (Å²) in [5, 5.41) is 0.877. The van der Waals surface area contributed by atoms with Gasteiger partial charge in [0.15, 0.2) is 5.69 Å². The van der Waals surface area contributed by atoms with Crippen LogP contribution < -0.4 is 9.29 Å². The molecule has 0 bridgehead atoms. The first-order valence-corrected chi connectivity index (χ1v) is 10.7. The lowest BCUT2D eigenvalue weighted by atomic mass is 10.0. The van der Waals surface area contributed by atoms with Crippen LogP contribution in [0, 0.1) is 6.92 Å². The Morgan fingerprint density at radius 3 is 2.62 bits per heavy atom. The van der Waals surface area contributed by atoms with Gasteiger partial charge in [0, 0.05) is 11.6 Å². The van der Waals surface area contributed by atoms with Crippen molar-refractivity contribution in [3.8, 4) is 5.69 Å². The summed E-state index contributed by atoms with van der Waals surface area (Å²) in [7, 11) is -3.95. The molecule has 2 aromatic heterocycles. The van der Waals surface area contributed by atoms with Crippen molar-refractivity contribution in [3.05, 3.63) is 89.7 Å². The number of hydrogen-bond donors (Lipinski definition) is 1. The predicted molar refractivity (Wildman–Crippen MR) is 108 cm³/mol. The SMILES string of the molecule is Cc1cccc2c1Cn1c(C(=O)NS(=O)(=O)c3ccccc3)cc3ccc[n+]-2c31. The second-order valence-electron chi connectivity index (χ2n) is 7.09. The molecule has 2 aromatic carbocycles. The van der Waals surface area contributed by atoms with Gasteiger partial charge >= 0.3 is 5.91 Å². The first-order valence-electron chi connectivity index (χ1n) is 9.21. The second kappa shape index (κ2) is 6.28. The predicted octanol–water partition coefficient (Wildman–Crippen LogP) is 2.71. The van der Waals surface area contributed by atoms with Gasteiger partial charge in [-0.05, 0) is 42.8 Å². The van der Waals surface area contributed by atoms with E-state index in [2.05, 4.69) is 10.8 Å². The van der Waals surface area contributed by atoms with E-state index in [1.807, 2.05) is 46.5 Å². The highest BCUT2D eigenvalue weighted by atomic mass is 32.2. The van der Waals surface area contributed by atoms with Crippen molar-refractivity contribution in [2.45, 2.75) is 18.4 Å². The first-order chi connectivity index (χ1) is 14.0. The Kier molecular flexibility index (Phi) is 3.82. The van der Waals surface area contributed by atoms with Crippen LogP contribution in [0.3, 0.4) is 0 Å². The number of carbonyl (C=O) groups is 1. The number of fused-ring (bicyclic) bond motifs is 2. The lowest BCUT2D eigenvalue weighted by Crippen LogP contribution is -2.40. The highest BCUT2D eigenvalue weighted by Crippen LogP contribution is 2.27. The summed E-state index contributed by atoms with van der Waals surface area (Å²) in [6.45, 7) is 2.54. The molecule has 0 unspecified atom stereocenters. The fraction of sp³-hybridized carbons (Fsp3) is 0.0909. The third-order valence-corrected chi connectivity index (χ3v) is 6.66. The minimum atomic E-state index is -3.95. The van der Waals surface area contributed by atoms with Crippen LogP contribution in [0.4, 0.5) is 0 Å². The van der Waals surface area contributed by atoms with Crippen LogP contribution in [0.15, 0.2) is 77.8 Å². The first kappa shape index (κ1) is 17.6. The van der Waals surface area contributed by atoms with Crippen molar-refractivity contribution < 1.29 is 17.8 Å². The molecule has 1 amide bonds. The molecule has 0 saturated heterocycles. The Balaban J connectivity index is 1.63. The molecule has 1 N–H and O–H groups in total. The van der Waals surface area contributed by atoms with Gasteiger partial charge in [0.2, 0.25) is 0 Å². The molecular weight excluding hydrogens is 386 g/mol. The number of amides is 1. The number of carbonyl (C=O) groups excluding carboxylic acids is 1. The molecule has 0 aliphatic carbocycles. The number of rotatable bonds is 3. The molecule has 4 aromatic rings. The second-order valence-corrected chi connectivity index (χ2v) is 8.78. The van der Waals surface area contributed by atoms with Crippen LogP contribution >= 0.6 is 0 Å². The number of aromatic nitrogens is 2. The Bertz CT molecular complexity index is 1390. The Morgan fingerprint density at radius 1 is 1.03 bits per heavy atom. The molecule has 29 heavy (non-hydrogen) atoms. The van der Waals surface area contributed by atoms with E-state index in [9.17, 15) is 13.2 Å². The molecule has 0 fully saturated rings. The zero-order valence-electron chi connectivity index (χ0n) is 15.7. The van der Waals surface area contributed by atoms with Crippen LogP contribution in [0.1, 0.15) is 21.6 Å². The molecule has 0 radical (unpaired) electrons. The van der Waals surface area contributed by atoms with Crippen molar-refractivity contribution in [3.63, 3.8) is 0 Å². The lowest BCUT2D eigenvalue weighted by Gasteiger charge is -2.17. The van der Waals surface area contributed by atoms with Crippen molar-refractivity contribution in [2.75, 3.05) is 0 Å². The summed E-state index contributed by atoms with van der Waals surface area (Å²) in [5.74, 6) is -0.645. The highest BCUT2D eigenvalue weighted by Gasteiger charge is 2.32. The largest absolute Gasteiger partial charge is 0.304 e. The molecule has 1 aliphatic rings. The number of hydrogen-bond acceptors (Lipinski definition) is 3. The molecule has 144 valence electrons. The molecule has 0 atom stereocenters. The summed E-state index contributed by atoms with van der Waals surface area (Å²) >= 11 is 0. The Labute approximate surface area is 168 Å². The van der Waals surface area contributed by atoms with Crippen LogP contribution in [-0.2, 0) is 16.6 Å². The fourth-order valence-electron chi connectivity index (χ4n) is 3.91. The molecule has 1 aliphatic heterocycles. The molecule has 6 nitrogen and oxygen atoms in total. The average molecular weight is 404 g/mol. The zero-order chi connectivity index (χ0) is 20.2. The van der Waals surface area contributed by atoms with Gasteiger partial charge in [0.05, 0.1) is 16.5 Å². The minimum Gasteiger partial charge on any atom is -0.264 e. The zero-order valence-corrected chi connectivity index (χ0v) is 16.5. The van der Waals surface area contributed by atoms with Crippen molar-refractivity contribution in [2.24, 2.45) is 0 Å². The van der Waals surface area contributed by atoms with Crippen molar-refractivity contribution in [1.29, 1.82) is 0 Å². The van der Waals surface area contributed by atoms with Crippen LogP contribution in [0.25, 0.3) is 16.7 Å². The Morgan fingerprint density at radius 2 is 1.83 bits per heavy atom. The van der Waals surface area contributed by atoms with E-state index in [1.54, 1.807) is 24.3 Å². The molecule has 0 spiro atoms. The number of sulfonamides is 1. The van der Waals surface area contributed by atoms with E-state index in [4.69, 9.17) is 0 Å². The van der Waals surface area contributed by atoms with Gasteiger partial charge in [0.1, 0.15) is 12.2 Å². The average Bonchev–Trinajstić information content (AvgIpc) is 3.09. The fourth-order valence-corrected chi connectivity index (χ4v) is 4.89. The van der Waals surface area contributed by atoms with Crippen LogP contribution in [0.5, 0.6) is 0 Å². The molecule has 0 saturated carbocycles. The van der Waals surface area contributed by atoms with Gasteiger partial charge in [-0.15, -0.1) is 0 Å². The van der Waals surface area contributed by atoms with Crippen LogP contribution in [-0.4, -0.2) is 18.9 Å². The standard InChI is InChI=1S/C22H17N3O3S/c1-15-7-5-11-19-18(15)14-25-20(13-16-8-6-12-24(19)22(16)25)21(26)23-29(27,28)17-9-3-2-4-10-17/h2-13H,14H2,1H3/p+1. The quantitative estimate of drug-likeness (QED) is 0.470. The number of nitrogens with one attached hydrogen (secondary N) is 1. The van der Waals surface area contributed by atoms with Gasteiger partial charge in [-0.1, -0.05) is 30.3 Å². The van der Waals surface area contributed by atoms with Gasteiger partial charge < -0.3 is 0 Å². The number of nitrogens with zero attached hydrogens (tertiary/aromatic N) is 2. The lowest BCUT2D eigenvalue weighted by molar-refractivity contribution is -0.573. The van der Waals surface area contributed by atoms with E-state index in [0.29, 0.717) is 12.2 Å². The highest BCUT2D eigenvalue weighted by molar-refractivity contribution is 7.90. The normalized spacial score (nSPS) is 12.6. The number of pyridine rings is 1. The van der Waals surface area contributed by atoms with Gasteiger partial charge in [-0.2, -0.15) is 4.57 Å². The maximum absolute atomic E-state index is 13.0. The number of aryl methyl sites for hydroxylation is 1. The smallest absolute Gasteiger partial charge is 0.264 e. The van der Waals surface area contributed by atoms with E-state index < -0.39 is 15.9 Å². The van der Waals surface area contributed by atoms with Gasteiger partial charge in [-0.3, -0.25) is 4.79 Å². The third kappa shape index (κ3) is 2.74. The maximum atomic E-state index is 13.0. The summed E-state index contributed by atoms with van der Waals surface area (Å²) in [5.41, 5.74) is 4.48. The maximum Gasteiger partial charge on any atom is 0.304 e. The number of benzene rings is 2. The molecule has 3 heterocycles. The van der Waals surface area contributed by atoms with Crippen molar-refractivity contribution >= 4 is 27.0 Å². The topological polar surface area (TPSA) is 72.0 Å². The molecular formula is C22H18N3O3S+. The van der Waals surface area contributed by atoms with E-state index in [1.165, 1.54) is 12.1 Å². The van der Waals surface area contributed by atoms with E-state index in [0.717, 1.165) is 27.8 Å². The summed E-state index contributed by atoms with van der Waals surface area (Å²) in [6, 6.07) is 19.6. The molecule has 5 rings (SSSR count). The monoisotopic (exact) mass is 404 g/mol. The van der Waals surface area contributed by atoms with Crippen molar-refractivity contribution in [1.82, 2.24) is 9.29 Å². The minimum absolute atomic E-state index is 0.0550. The third-order valence-electron chi connectivity index (χ3n) is 5.31. The summed E-state index contributed by atoms with van der Waals surface area (Å²) < 4.78 is 31.4.